The van der Waals surface area contributed by atoms with Crippen molar-refractivity contribution < 1.29 is 13.9 Å². The molecule has 0 bridgehead atoms. The third kappa shape index (κ3) is 3.03. The van der Waals surface area contributed by atoms with E-state index in [1.807, 2.05) is 42.5 Å². The highest BCUT2D eigenvalue weighted by atomic mass is 16.5. The molecule has 7 heteroatoms. The van der Waals surface area contributed by atoms with Gasteiger partial charge >= 0.3 is 6.01 Å². The molecule has 1 aliphatic rings. The molecule has 2 aromatic carbocycles. The van der Waals surface area contributed by atoms with E-state index in [2.05, 4.69) is 20.5 Å². The Morgan fingerprint density at radius 3 is 2.52 bits per heavy atom. The van der Waals surface area contributed by atoms with Crippen LogP contribution < -0.4 is 14.8 Å². The van der Waals surface area contributed by atoms with Gasteiger partial charge in [-0.3, -0.25) is 0 Å². The second-order valence-corrected chi connectivity index (χ2v) is 5.50. The maximum atomic E-state index is 5.63. The maximum absolute atomic E-state index is 5.63. The second-order valence-electron chi connectivity index (χ2n) is 5.50. The van der Waals surface area contributed by atoms with Crippen molar-refractivity contribution in [2.24, 2.45) is 4.99 Å². The van der Waals surface area contributed by atoms with Crippen LogP contribution in [-0.4, -0.2) is 30.3 Å². The number of rotatable bonds is 4. The average molecular weight is 336 g/mol. The Kier molecular flexibility index (Phi) is 3.81. The van der Waals surface area contributed by atoms with Crippen molar-refractivity contribution in [1.82, 2.24) is 10.2 Å². The van der Waals surface area contributed by atoms with Gasteiger partial charge < -0.3 is 19.2 Å². The van der Waals surface area contributed by atoms with E-state index in [9.17, 15) is 0 Å². The van der Waals surface area contributed by atoms with E-state index in [4.69, 9.17) is 13.9 Å². The minimum absolute atomic E-state index is 0.216. The first-order valence-corrected chi connectivity index (χ1v) is 7.74. The van der Waals surface area contributed by atoms with Gasteiger partial charge in [-0.15, -0.1) is 5.10 Å². The van der Waals surface area contributed by atoms with Gasteiger partial charge in [-0.2, -0.15) is 4.99 Å². The zero-order valence-corrected chi connectivity index (χ0v) is 13.8. The summed E-state index contributed by atoms with van der Waals surface area (Å²) in [6, 6.07) is 13.5. The third-order valence-corrected chi connectivity index (χ3v) is 3.94. The molecule has 0 aliphatic carbocycles. The largest absolute Gasteiger partial charge is 0.497 e. The highest BCUT2D eigenvalue weighted by Gasteiger charge is 2.18. The summed E-state index contributed by atoms with van der Waals surface area (Å²) in [6.07, 6.45) is 0.680. The number of anilines is 1. The van der Waals surface area contributed by atoms with Gasteiger partial charge in [0.2, 0.25) is 5.89 Å². The lowest BCUT2D eigenvalue weighted by atomic mass is 10.1. The number of methoxy groups -OCH3 is 2. The van der Waals surface area contributed by atoms with Crippen LogP contribution in [0.15, 0.2) is 51.9 Å². The van der Waals surface area contributed by atoms with E-state index in [-0.39, 0.29) is 6.01 Å². The number of amidine groups is 1. The highest BCUT2D eigenvalue weighted by Crippen LogP contribution is 2.29. The molecule has 0 spiro atoms. The van der Waals surface area contributed by atoms with Gasteiger partial charge in [0.05, 0.1) is 14.2 Å². The molecule has 7 nitrogen and oxygen atoms in total. The fourth-order valence-corrected chi connectivity index (χ4v) is 2.63. The molecule has 0 amide bonds. The van der Waals surface area contributed by atoms with Gasteiger partial charge in [-0.1, -0.05) is 11.2 Å². The summed E-state index contributed by atoms with van der Waals surface area (Å²) in [5, 5.41) is 11.3. The fraction of sp³-hybridized carbons (Fsp3) is 0.167. The maximum Gasteiger partial charge on any atom is 0.344 e. The Bertz CT molecular complexity index is 932. The molecule has 0 saturated carbocycles. The molecule has 1 aromatic heterocycles. The van der Waals surface area contributed by atoms with Crippen LogP contribution in [0.25, 0.3) is 11.5 Å². The molecule has 0 fully saturated rings. The topological polar surface area (TPSA) is 81.8 Å². The monoisotopic (exact) mass is 336 g/mol. The average Bonchev–Trinajstić information content (AvgIpc) is 3.27. The van der Waals surface area contributed by atoms with Crippen molar-refractivity contribution in [3.05, 3.63) is 48.0 Å². The molecule has 0 radical (unpaired) electrons. The number of aliphatic imine (C=N–C) groups is 1. The van der Waals surface area contributed by atoms with E-state index >= 15 is 0 Å². The summed E-state index contributed by atoms with van der Waals surface area (Å²) in [7, 11) is 3.27. The standard InChI is InChI=1S/C18H16N4O3/c1-23-13-6-3-11(4-7-13)17-21-22-18(25-17)20-16-9-12-5-8-14(24-2)10-15(12)19-16/h3-8,10H,9H2,1-2H3,(H,19,20,22). The van der Waals surface area contributed by atoms with Gasteiger partial charge in [-0.25, -0.2) is 0 Å². The summed E-state index contributed by atoms with van der Waals surface area (Å²) < 4.78 is 16.0. The zero-order valence-electron chi connectivity index (χ0n) is 13.8. The van der Waals surface area contributed by atoms with Crippen LogP contribution in [-0.2, 0) is 6.42 Å². The second kappa shape index (κ2) is 6.27. The van der Waals surface area contributed by atoms with Crippen molar-refractivity contribution >= 4 is 17.5 Å². The number of hydrogen-bond donors (Lipinski definition) is 1. The van der Waals surface area contributed by atoms with Crippen LogP contribution in [0.2, 0.25) is 0 Å². The molecule has 25 heavy (non-hydrogen) atoms. The van der Waals surface area contributed by atoms with E-state index in [1.54, 1.807) is 14.2 Å². The molecule has 2 heterocycles. The summed E-state index contributed by atoms with van der Waals surface area (Å²) in [5.41, 5.74) is 2.94. The molecule has 1 aliphatic heterocycles. The molecule has 126 valence electrons. The smallest absolute Gasteiger partial charge is 0.344 e. The predicted molar refractivity (Wildman–Crippen MR) is 93.7 cm³/mol. The first-order chi connectivity index (χ1) is 12.2. The lowest BCUT2D eigenvalue weighted by Crippen LogP contribution is -2.05. The van der Waals surface area contributed by atoms with Crippen molar-refractivity contribution in [2.45, 2.75) is 6.42 Å². The van der Waals surface area contributed by atoms with E-state index in [1.165, 1.54) is 0 Å². The van der Waals surface area contributed by atoms with Gasteiger partial charge in [0.25, 0.3) is 0 Å². The van der Waals surface area contributed by atoms with Crippen LogP contribution in [0.4, 0.5) is 11.7 Å². The van der Waals surface area contributed by atoms with Crippen molar-refractivity contribution in [1.29, 1.82) is 0 Å². The molecule has 0 saturated heterocycles. The van der Waals surface area contributed by atoms with Crippen molar-refractivity contribution in [2.75, 3.05) is 19.5 Å². The normalized spacial score (nSPS) is 14.2. The Morgan fingerprint density at radius 2 is 1.76 bits per heavy atom. The lowest BCUT2D eigenvalue weighted by molar-refractivity contribution is 0.415. The number of ether oxygens (including phenoxy) is 2. The number of benzene rings is 2. The highest BCUT2D eigenvalue weighted by molar-refractivity contribution is 6.04. The lowest BCUT2D eigenvalue weighted by Gasteiger charge is -2.02. The van der Waals surface area contributed by atoms with Crippen molar-refractivity contribution in [3.63, 3.8) is 0 Å². The number of hydrogen-bond acceptors (Lipinski definition) is 6. The van der Waals surface area contributed by atoms with Crippen molar-refractivity contribution in [3.8, 4) is 23.0 Å². The fourth-order valence-electron chi connectivity index (χ4n) is 2.63. The van der Waals surface area contributed by atoms with Gasteiger partial charge in [0, 0.05) is 23.7 Å². The molecule has 4 rings (SSSR count). The van der Waals surface area contributed by atoms with Crippen LogP contribution >= 0.6 is 0 Å². The minimum atomic E-state index is 0.216. The van der Waals surface area contributed by atoms with Crippen LogP contribution in [0, 0.1) is 0 Å². The third-order valence-electron chi connectivity index (χ3n) is 3.94. The number of nitrogens with zero attached hydrogens (tertiary/aromatic N) is 3. The first-order valence-electron chi connectivity index (χ1n) is 7.74. The molecule has 0 atom stereocenters. The summed E-state index contributed by atoms with van der Waals surface area (Å²) in [5.74, 6) is 2.74. The Hall–Kier alpha value is -3.35. The molecular formula is C18H16N4O3. The van der Waals surface area contributed by atoms with Crippen LogP contribution in [0.1, 0.15) is 5.56 Å². The van der Waals surface area contributed by atoms with Gasteiger partial charge in [-0.05, 0) is 35.9 Å². The molecule has 3 aromatic rings. The molecule has 0 unspecified atom stereocenters. The molecular weight excluding hydrogens is 320 g/mol. The number of nitrogens with one attached hydrogen (secondary N) is 1. The van der Waals surface area contributed by atoms with Crippen LogP contribution in [0.5, 0.6) is 11.5 Å². The van der Waals surface area contributed by atoms with E-state index in [0.717, 1.165) is 34.1 Å². The Labute approximate surface area is 144 Å². The van der Waals surface area contributed by atoms with Crippen LogP contribution in [0.3, 0.4) is 0 Å². The molecule has 1 N–H and O–H groups in total. The summed E-state index contributed by atoms with van der Waals surface area (Å²) in [4.78, 5) is 4.41. The SMILES string of the molecule is COc1ccc(-c2nnc(/N=C3/Cc4ccc(OC)cc4N3)o2)cc1. The first kappa shape index (κ1) is 15.2. The van der Waals surface area contributed by atoms with Gasteiger partial charge in [0.1, 0.15) is 17.3 Å². The number of aromatic nitrogens is 2. The van der Waals surface area contributed by atoms with Gasteiger partial charge in [0.15, 0.2) is 0 Å². The Morgan fingerprint density at radius 1 is 1.00 bits per heavy atom. The minimum Gasteiger partial charge on any atom is -0.497 e. The summed E-state index contributed by atoms with van der Waals surface area (Å²) >= 11 is 0. The quantitative estimate of drug-likeness (QED) is 0.786. The van der Waals surface area contributed by atoms with E-state index in [0.29, 0.717) is 12.3 Å². The predicted octanol–water partition coefficient (Wildman–Crippen LogP) is 3.45. The Balaban J connectivity index is 1.54. The summed E-state index contributed by atoms with van der Waals surface area (Å²) in [6.45, 7) is 0. The zero-order chi connectivity index (χ0) is 17.2. The number of fused-ring (bicyclic) bond motifs is 1. The van der Waals surface area contributed by atoms with E-state index < -0.39 is 0 Å².